The van der Waals surface area contributed by atoms with E-state index < -0.39 is 4.92 Å². The highest BCUT2D eigenvalue weighted by molar-refractivity contribution is 6.26. The lowest BCUT2D eigenvalue weighted by Gasteiger charge is -2.49. The zero-order chi connectivity index (χ0) is 19.6. The molecule has 2 atom stereocenters. The Morgan fingerprint density at radius 2 is 1.61 bits per heavy atom. The first-order chi connectivity index (χ1) is 13.5. The van der Waals surface area contributed by atoms with E-state index in [0.29, 0.717) is 34.0 Å². The topological polar surface area (TPSA) is 83.8 Å². The molecule has 0 N–H and O–H groups in total. The van der Waals surface area contributed by atoms with Crippen LogP contribution in [0, 0.1) is 10.1 Å². The van der Waals surface area contributed by atoms with Crippen LogP contribution in [0.3, 0.4) is 0 Å². The van der Waals surface area contributed by atoms with Crippen molar-refractivity contribution in [3.63, 3.8) is 0 Å². The van der Waals surface area contributed by atoms with Gasteiger partial charge in [0.05, 0.1) is 10.3 Å². The van der Waals surface area contributed by atoms with Crippen LogP contribution in [0.5, 0.6) is 0 Å². The van der Waals surface area contributed by atoms with Crippen LogP contribution in [-0.2, 0) is 0 Å². The van der Waals surface area contributed by atoms with Crippen molar-refractivity contribution < 1.29 is 14.5 Å². The molecule has 144 valence electrons. The number of nitro groups is 1. The number of nitro benzene ring substituents is 1. The molecule has 0 radical (unpaired) electrons. The second-order valence-electron chi connectivity index (χ2n) is 8.13. The number of carbonyl (C=O) groups excluding carboxylic acids is 2. The van der Waals surface area contributed by atoms with Gasteiger partial charge >= 0.3 is 0 Å². The Bertz CT molecular complexity index is 997. The first-order valence-corrected chi connectivity index (χ1v) is 9.77. The van der Waals surface area contributed by atoms with Gasteiger partial charge in [-0.15, -0.1) is 0 Å². The number of amides is 2. The summed E-state index contributed by atoms with van der Waals surface area (Å²) in [6, 6.07) is 8.48. The normalized spacial score (nSPS) is 27.3. The van der Waals surface area contributed by atoms with Gasteiger partial charge in [0, 0.05) is 40.7 Å². The molecule has 2 bridgehead atoms. The number of hydrogen-bond donors (Lipinski definition) is 0. The van der Waals surface area contributed by atoms with Gasteiger partial charge in [-0.1, -0.05) is 12.5 Å². The molecule has 5 rings (SSSR count). The van der Waals surface area contributed by atoms with E-state index in [1.165, 1.54) is 23.5 Å². The zero-order valence-corrected chi connectivity index (χ0v) is 15.6. The number of non-ortho nitro benzene ring substituents is 1. The first-order valence-electron chi connectivity index (χ1n) is 9.77. The smallest absolute Gasteiger partial charge is 0.277 e. The number of hydrogen-bond acceptors (Lipinski definition) is 5. The number of fused-ring (bicyclic) bond motifs is 2. The number of nitrogens with zero attached hydrogens (tertiary/aromatic N) is 3. The van der Waals surface area contributed by atoms with Gasteiger partial charge in [-0.25, -0.2) is 0 Å². The summed E-state index contributed by atoms with van der Waals surface area (Å²) in [6.45, 7) is 0. The molecular formula is C21H21N3O4. The lowest BCUT2D eigenvalue weighted by atomic mass is 9.80. The highest BCUT2D eigenvalue weighted by Gasteiger charge is 2.44. The molecule has 2 aromatic rings. The molecular weight excluding hydrogens is 358 g/mol. The Hall–Kier alpha value is -2.80. The maximum absolute atomic E-state index is 13.3. The number of carbonyl (C=O) groups is 2. The third-order valence-corrected chi connectivity index (χ3v) is 6.79. The minimum atomic E-state index is -0.470. The Morgan fingerprint density at radius 3 is 2.25 bits per heavy atom. The van der Waals surface area contributed by atoms with Gasteiger partial charge in [0.25, 0.3) is 17.5 Å². The van der Waals surface area contributed by atoms with Crippen molar-refractivity contribution in [2.45, 2.75) is 50.2 Å². The number of rotatable bonds is 2. The molecule has 7 heteroatoms. The highest BCUT2D eigenvalue weighted by atomic mass is 16.6. The van der Waals surface area contributed by atoms with Crippen LogP contribution in [0.15, 0.2) is 30.3 Å². The molecule has 2 fully saturated rings. The van der Waals surface area contributed by atoms with Crippen molar-refractivity contribution in [3.05, 3.63) is 51.6 Å². The van der Waals surface area contributed by atoms with Crippen molar-refractivity contribution >= 4 is 28.3 Å². The van der Waals surface area contributed by atoms with Gasteiger partial charge in [-0.2, -0.15) is 0 Å². The van der Waals surface area contributed by atoms with E-state index in [1.807, 2.05) is 0 Å². The lowest BCUT2D eigenvalue weighted by Crippen LogP contribution is -2.58. The van der Waals surface area contributed by atoms with Crippen LogP contribution in [0.25, 0.3) is 10.8 Å². The quantitative estimate of drug-likeness (QED) is 0.454. The van der Waals surface area contributed by atoms with Crippen LogP contribution in [-0.4, -0.2) is 51.7 Å². The average molecular weight is 379 g/mol. The molecule has 7 nitrogen and oxygen atoms in total. The number of benzene rings is 2. The SMILES string of the molecule is CN1C2CCCC1CC(N1C(=O)c3cccc4c([N+](=O)[O-])ccc(c34)C1=O)C2. The van der Waals surface area contributed by atoms with E-state index >= 15 is 0 Å². The Kier molecular flexibility index (Phi) is 3.77. The van der Waals surface area contributed by atoms with Crippen molar-refractivity contribution in [2.75, 3.05) is 7.05 Å². The Balaban J connectivity index is 1.60. The zero-order valence-electron chi connectivity index (χ0n) is 15.6. The first kappa shape index (κ1) is 17.3. The lowest BCUT2D eigenvalue weighted by molar-refractivity contribution is -0.383. The molecule has 0 aliphatic carbocycles. The fourth-order valence-electron chi connectivity index (χ4n) is 5.39. The second kappa shape index (κ2) is 6.10. The molecule has 3 aliphatic heterocycles. The van der Waals surface area contributed by atoms with Crippen molar-refractivity contribution in [1.82, 2.24) is 9.80 Å². The maximum Gasteiger partial charge on any atom is 0.277 e. The summed E-state index contributed by atoms with van der Waals surface area (Å²) in [5.41, 5.74) is 0.697. The maximum atomic E-state index is 13.3. The van der Waals surface area contributed by atoms with E-state index in [4.69, 9.17) is 0 Å². The van der Waals surface area contributed by atoms with Gasteiger partial charge in [0.1, 0.15) is 0 Å². The van der Waals surface area contributed by atoms with Crippen LogP contribution in [0.4, 0.5) is 5.69 Å². The van der Waals surface area contributed by atoms with E-state index in [-0.39, 0.29) is 23.5 Å². The van der Waals surface area contributed by atoms with E-state index in [0.717, 1.165) is 25.7 Å². The molecule has 0 saturated carbocycles. The molecule has 2 aromatic carbocycles. The van der Waals surface area contributed by atoms with Crippen LogP contribution in [0.2, 0.25) is 0 Å². The minimum absolute atomic E-state index is 0.0801. The average Bonchev–Trinajstić information content (AvgIpc) is 2.66. The summed E-state index contributed by atoms with van der Waals surface area (Å²) in [5, 5.41) is 12.1. The fraction of sp³-hybridized carbons (Fsp3) is 0.429. The molecule has 3 aliphatic rings. The predicted octanol–water partition coefficient (Wildman–Crippen LogP) is 3.36. The van der Waals surface area contributed by atoms with Crippen LogP contribution < -0.4 is 0 Å². The van der Waals surface area contributed by atoms with Gasteiger partial charge in [-0.05, 0) is 50.9 Å². The van der Waals surface area contributed by atoms with Gasteiger partial charge in [-0.3, -0.25) is 24.6 Å². The van der Waals surface area contributed by atoms with E-state index in [1.54, 1.807) is 18.2 Å². The third-order valence-electron chi connectivity index (χ3n) is 6.79. The molecule has 0 aromatic heterocycles. The van der Waals surface area contributed by atoms with Crippen molar-refractivity contribution in [2.24, 2.45) is 0 Å². The summed E-state index contributed by atoms with van der Waals surface area (Å²) in [7, 11) is 2.14. The summed E-state index contributed by atoms with van der Waals surface area (Å²) in [4.78, 5) is 41.4. The number of imide groups is 1. The van der Waals surface area contributed by atoms with Crippen molar-refractivity contribution in [3.8, 4) is 0 Å². The highest BCUT2D eigenvalue weighted by Crippen LogP contribution is 2.40. The summed E-state index contributed by atoms with van der Waals surface area (Å²) in [6.07, 6.45) is 4.97. The van der Waals surface area contributed by atoms with Gasteiger partial charge in [0.15, 0.2) is 0 Å². The van der Waals surface area contributed by atoms with Crippen LogP contribution in [0.1, 0.15) is 52.8 Å². The predicted molar refractivity (Wildman–Crippen MR) is 103 cm³/mol. The largest absolute Gasteiger partial charge is 0.300 e. The van der Waals surface area contributed by atoms with E-state index in [9.17, 15) is 19.7 Å². The van der Waals surface area contributed by atoms with Crippen LogP contribution >= 0.6 is 0 Å². The third kappa shape index (κ3) is 2.32. The minimum Gasteiger partial charge on any atom is -0.300 e. The second-order valence-corrected chi connectivity index (χ2v) is 8.13. The molecule has 28 heavy (non-hydrogen) atoms. The fourth-order valence-corrected chi connectivity index (χ4v) is 5.39. The standard InChI is InChI=1S/C21H21N3O4/c1-22-12-4-2-5-13(22)11-14(10-12)23-20(25)16-7-3-6-15-18(24(27)28)9-8-17(19(15)16)21(23)26/h3,6-9,12-14H,2,4-5,10-11H2,1H3. The van der Waals surface area contributed by atoms with Gasteiger partial charge < -0.3 is 4.90 Å². The molecule has 2 unspecified atom stereocenters. The van der Waals surface area contributed by atoms with Gasteiger partial charge in [0.2, 0.25) is 0 Å². The Morgan fingerprint density at radius 1 is 0.964 bits per heavy atom. The van der Waals surface area contributed by atoms with Crippen molar-refractivity contribution in [1.29, 1.82) is 0 Å². The molecule has 0 spiro atoms. The van der Waals surface area contributed by atoms with E-state index in [2.05, 4.69) is 11.9 Å². The Labute approximate surface area is 162 Å². The molecule has 3 heterocycles. The summed E-state index contributed by atoms with van der Waals surface area (Å²) < 4.78 is 0. The molecule has 2 amide bonds. The summed E-state index contributed by atoms with van der Waals surface area (Å²) in [5.74, 6) is -0.646. The molecule has 2 saturated heterocycles. The monoisotopic (exact) mass is 379 g/mol. The number of piperidine rings is 2. The summed E-state index contributed by atoms with van der Waals surface area (Å²) >= 11 is 0.